The van der Waals surface area contributed by atoms with E-state index in [1.54, 1.807) is 6.07 Å². The number of ether oxygens (including phenoxy) is 3. The predicted octanol–water partition coefficient (Wildman–Crippen LogP) is 1.54. The lowest BCUT2D eigenvalue weighted by Crippen LogP contribution is -2.79. The number of quaternary nitrogens is 1. The van der Waals surface area contributed by atoms with Gasteiger partial charge in [0.25, 0.3) is 5.91 Å². The van der Waals surface area contributed by atoms with E-state index in [1.165, 1.54) is 39.5 Å². The maximum Gasteiger partial charge on any atom is 0.328 e. The molecule has 0 radical (unpaired) electrons. The van der Waals surface area contributed by atoms with Gasteiger partial charge in [0.1, 0.15) is 6.04 Å². The highest BCUT2D eigenvalue weighted by molar-refractivity contribution is 6.15. The molecule has 0 bridgehead atoms. The van der Waals surface area contributed by atoms with E-state index in [9.17, 15) is 19.2 Å². The number of esters is 3. The lowest BCUT2D eigenvalue weighted by Gasteiger charge is -2.30. The summed E-state index contributed by atoms with van der Waals surface area (Å²) in [6.07, 6.45) is 5.81. The molecule has 2 rings (SSSR count). The van der Waals surface area contributed by atoms with Gasteiger partial charge in [-0.2, -0.15) is 0 Å². The number of amides is 1. The monoisotopic (exact) mass is 471 g/mol. The zero-order chi connectivity index (χ0) is 24.3. The fourth-order valence-electron chi connectivity index (χ4n) is 3.49. The van der Waals surface area contributed by atoms with Crippen molar-refractivity contribution in [1.29, 1.82) is 0 Å². The average Bonchev–Trinajstić information content (AvgIpc) is 2.75. The Morgan fingerprint density at radius 3 is 2.12 bits per heavy atom. The highest BCUT2D eigenvalue weighted by atomic mass is 35.5. The molecule has 1 aromatic rings. The highest BCUT2D eigenvalue weighted by Gasteiger charge is 2.41. The molecule has 0 heterocycles. The number of nitrogens with one attached hydrogen (secondary N) is 1. The van der Waals surface area contributed by atoms with Gasteiger partial charge in [-0.15, -0.1) is 11.6 Å². The Bertz CT molecular complexity index is 822. The molecule has 1 saturated carbocycles. The van der Waals surface area contributed by atoms with Gasteiger partial charge < -0.3 is 25.3 Å². The van der Waals surface area contributed by atoms with E-state index in [2.05, 4.69) is 22.7 Å². The van der Waals surface area contributed by atoms with Crippen LogP contribution < -0.4 is 20.5 Å². The predicted molar refractivity (Wildman–Crippen MR) is 117 cm³/mol. The number of hydrogen-bond acceptors (Lipinski definition) is 7. The molecule has 1 fully saturated rings. The maximum absolute atomic E-state index is 12.8. The molecule has 1 aromatic carbocycles. The standard InChI is InChI=1S/C21H28N2O7.CH3Cl/c1-13(24)29-17-8-7-15(12-18(17)30-14(2)25)11-16(19(26)28-3)23-20(27)21(22)9-5-4-6-10-21;1-2/h7-8,12,16H,4-6,9-11,22H2,1-3H3,(H,23,27);1H3/p+1. The number of alkyl halides is 1. The molecule has 4 N–H and O–H groups in total. The molecule has 32 heavy (non-hydrogen) atoms. The van der Waals surface area contributed by atoms with E-state index < -0.39 is 29.5 Å². The summed E-state index contributed by atoms with van der Waals surface area (Å²) >= 11 is 4.64. The van der Waals surface area contributed by atoms with Crippen LogP contribution in [0.5, 0.6) is 11.5 Å². The molecule has 1 atom stereocenters. The molecule has 0 saturated heterocycles. The van der Waals surface area contributed by atoms with Crippen LogP contribution in [0.25, 0.3) is 0 Å². The van der Waals surface area contributed by atoms with Gasteiger partial charge in [-0.05, 0) is 30.5 Å². The molecule has 1 aliphatic rings. The van der Waals surface area contributed by atoms with E-state index >= 15 is 0 Å². The normalized spacial score (nSPS) is 15.3. The molecule has 178 valence electrons. The Hall–Kier alpha value is -2.65. The highest BCUT2D eigenvalue weighted by Crippen LogP contribution is 2.30. The van der Waals surface area contributed by atoms with Crippen molar-refractivity contribution in [3.05, 3.63) is 23.8 Å². The number of methoxy groups -OCH3 is 1. The fraction of sp³-hybridized carbons (Fsp3) is 0.545. The van der Waals surface area contributed by atoms with E-state index in [0.29, 0.717) is 18.4 Å². The summed E-state index contributed by atoms with van der Waals surface area (Å²) in [5.41, 5.74) is 3.92. The van der Waals surface area contributed by atoms with Crippen molar-refractivity contribution in [2.24, 2.45) is 0 Å². The molecule has 1 unspecified atom stereocenters. The third kappa shape index (κ3) is 8.12. The first-order valence-corrected chi connectivity index (χ1v) is 11.0. The Morgan fingerprint density at radius 1 is 1.03 bits per heavy atom. The van der Waals surface area contributed by atoms with Crippen LogP contribution in [0, 0.1) is 0 Å². The first-order chi connectivity index (χ1) is 15.1. The van der Waals surface area contributed by atoms with Crippen molar-refractivity contribution in [2.45, 2.75) is 64.0 Å². The third-order valence-electron chi connectivity index (χ3n) is 5.04. The molecule has 1 aliphatic carbocycles. The number of halogens is 1. The number of carbonyl (C=O) groups is 4. The van der Waals surface area contributed by atoms with Gasteiger partial charge in [-0.3, -0.25) is 14.4 Å². The first kappa shape index (κ1) is 27.4. The Morgan fingerprint density at radius 2 is 1.59 bits per heavy atom. The van der Waals surface area contributed by atoms with E-state index in [0.717, 1.165) is 19.3 Å². The van der Waals surface area contributed by atoms with Gasteiger partial charge in [0.05, 0.1) is 7.11 Å². The van der Waals surface area contributed by atoms with E-state index in [-0.39, 0.29) is 23.8 Å². The summed E-state index contributed by atoms with van der Waals surface area (Å²) in [5, 5.41) is 2.76. The van der Waals surface area contributed by atoms with Crippen LogP contribution in [0.3, 0.4) is 0 Å². The van der Waals surface area contributed by atoms with Crippen molar-refractivity contribution in [1.82, 2.24) is 5.32 Å². The summed E-state index contributed by atoms with van der Waals surface area (Å²) in [4.78, 5) is 47.8. The molecular formula is C22H32ClN2O7+. The summed E-state index contributed by atoms with van der Waals surface area (Å²) in [6, 6.07) is 3.64. The summed E-state index contributed by atoms with van der Waals surface area (Å²) in [7, 11) is 1.25. The van der Waals surface area contributed by atoms with Crippen LogP contribution >= 0.6 is 11.6 Å². The van der Waals surface area contributed by atoms with Crippen molar-refractivity contribution in [2.75, 3.05) is 13.5 Å². The molecule has 0 aromatic heterocycles. The number of rotatable bonds is 7. The van der Waals surface area contributed by atoms with Gasteiger partial charge in [0.2, 0.25) is 0 Å². The first-order valence-electron chi connectivity index (χ1n) is 10.3. The molecule has 9 nitrogen and oxygen atoms in total. The van der Waals surface area contributed by atoms with Crippen LogP contribution in [0.2, 0.25) is 0 Å². The summed E-state index contributed by atoms with van der Waals surface area (Å²) < 4.78 is 15.0. The number of carbonyl (C=O) groups excluding carboxylic acids is 4. The van der Waals surface area contributed by atoms with Gasteiger partial charge >= 0.3 is 17.9 Å². The van der Waals surface area contributed by atoms with Gasteiger partial charge in [0, 0.05) is 39.5 Å². The number of hydrogen-bond donors (Lipinski definition) is 2. The third-order valence-corrected chi connectivity index (χ3v) is 5.04. The minimum atomic E-state index is -0.937. The van der Waals surface area contributed by atoms with E-state index in [1.807, 2.05) is 0 Å². The molecule has 10 heteroatoms. The van der Waals surface area contributed by atoms with Crippen molar-refractivity contribution in [3.8, 4) is 11.5 Å². The van der Waals surface area contributed by atoms with Crippen molar-refractivity contribution in [3.63, 3.8) is 0 Å². The molecule has 0 aliphatic heterocycles. The second-order valence-electron chi connectivity index (χ2n) is 7.56. The Kier molecular flexibility index (Phi) is 11.1. The van der Waals surface area contributed by atoms with Crippen molar-refractivity contribution >= 4 is 35.4 Å². The van der Waals surface area contributed by atoms with Crippen LogP contribution in [-0.4, -0.2) is 48.9 Å². The largest absolute Gasteiger partial charge is 0.467 e. The average molecular weight is 472 g/mol. The minimum Gasteiger partial charge on any atom is -0.467 e. The second kappa shape index (κ2) is 13.0. The number of benzene rings is 1. The fourth-order valence-corrected chi connectivity index (χ4v) is 3.49. The van der Waals surface area contributed by atoms with Crippen LogP contribution in [0.15, 0.2) is 18.2 Å². The minimum absolute atomic E-state index is 0.0473. The molecule has 1 amide bonds. The smallest absolute Gasteiger partial charge is 0.328 e. The molecule has 0 spiro atoms. The Balaban J connectivity index is 0.00000249. The van der Waals surface area contributed by atoms with Crippen LogP contribution in [0.1, 0.15) is 51.5 Å². The van der Waals surface area contributed by atoms with Gasteiger partial charge in [-0.25, -0.2) is 4.79 Å². The zero-order valence-electron chi connectivity index (χ0n) is 19.0. The maximum atomic E-state index is 12.8. The quantitative estimate of drug-likeness (QED) is 0.349. The summed E-state index contributed by atoms with van der Waals surface area (Å²) in [5.74, 6) is -1.90. The van der Waals surface area contributed by atoms with Crippen LogP contribution in [-0.2, 0) is 30.3 Å². The van der Waals surface area contributed by atoms with Gasteiger partial charge in [-0.1, -0.05) is 12.5 Å². The lowest BCUT2D eigenvalue weighted by molar-refractivity contribution is -0.464. The Labute approximate surface area is 192 Å². The topological polar surface area (TPSA) is 136 Å². The SMILES string of the molecule is CCl.COC(=O)C(Cc1ccc(OC(C)=O)c(OC(C)=O)c1)NC(=O)C1([NH3+])CCCCC1. The van der Waals surface area contributed by atoms with Crippen LogP contribution in [0.4, 0.5) is 0 Å². The lowest BCUT2D eigenvalue weighted by atomic mass is 9.81. The zero-order valence-corrected chi connectivity index (χ0v) is 19.8. The second-order valence-corrected chi connectivity index (χ2v) is 7.56. The molecular weight excluding hydrogens is 440 g/mol. The van der Waals surface area contributed by atoms with E-state index in [4.69, 9.17) is 14.2 Å². The van der Waals surface area contributed by atoms with Crippen molar-refractivity contribution < 1.29 is 39.1 Å². The van der Waals surface area contributed by atoms with Gasteiger partial charge in [0.15, 0.2) is 17.0 Å². The summed E-state index contributed by atoms with van der Waals surface area (Å²) in [6.45, 7) is 2.45.